The summed E-state index contributed by atoms with van der Waals surface area (Å²) in [6.45, 7) is 7.71. The number of rotatable bonds is 3. The second kappa shape index (κ2) is 5.90. The molecule has 1 aromatic heterocycles. The molecule has 0 aliphatic rings. The molecule has 0 bridgehead atoms. The van der Waals surface area contributed by atoms with Gasteiger partial charge in [-0.3, -0.25) is 14.3 Å². The van der Waals surface area contributed by atoms with Gasteiger partial charge in [0.25, 0.3) is 5.56 Å². The highest BCUT2D eigenvalue weighted by Gasteiger charge is 2.20. The molecule has 0 aliphatic carbocycles. The summed E-state index contributed by atoms with van der Waals surface area (Å²) in [7, 11) is 0. The predicted molar refractivity (Wildman–Crippen MR) is 86.1 cm³/mol. The lowest BCUT2D eigenvalue weighted by molar-refractivity contribution is 0.384. The molecule has 1 heterocycles. The van der Waals surface area contributed by atoms with Crippen LogP contribution in [-0.2, 0) is 0 Å². The molecule has 1 N–H and O–H groups in total. The number of aromatic nitrogens is 2. The smallest absolute Gasteiger partial charge is 0.297 e. The summed E-state index contributed by atoms with van der Waals surface area (Å²) in [4.78, 5) is 27.4. The predicted octanol–water partition coefficient (Wildman–Crippen LogP) is 3.38. The van der Waals surface area contributed by atoms with E-state index in [1.54, 1.807) is 0 Å². The van der Waals surface area contributed by atoms with Gasteiger partial charge in [-0.2, -0.15) is 0 Å². The van der Waals surface area contributed by atoms with Gasteiger partial charge < -0.3 is 0 Å². The highest BCUT2D eigenvalue weighted by molar-refractivity contribution is 6.32. The molecule has 0 radical (unpaired) electrons. The van der Waals surface area contributed by atoms with Crippen LogP contribution in [-0.4, -0.2) is 9.55 Å². The Balaban J connectivity index is 2.81. The van der Waals surface area contributed by atoms with E-state index in [-0.39, 0.29) is 22.7 Å². The zero-order chi connectivity index (χ0) is 15.7. The van der Waals surface area contributed by atoms with Crippen LogP contribution in [0.15, 0.2) is 33.9 Å². The van der Waals surface area contributed by atoms with Crippen molar-refractivity contribution >= 4 is 11.6 Å². The van der Waals surface area contributed by atoms with Crippen molar-refractivity contribution in [3.8, 4) is 11.1 Å². The molecule has 0 saturated heterocycles. The molecule has 2 aromatic rings. The summed E-state index contributed by atoms with van der Waals surface area (Å²) in [6, 6.07) is 7.28. The maximum absolute atomic E-state index is 12.8. The maximum Gasteiger partial charge on any atom is 0.329 e. The van der Waals surface area contributed by atoms with Gasteiger partial charge in [0.1, 0.15) is 5.15 Å². The van der Waals surface area contributed by atoms with Gasteiger partial charge in [-0.1, -0.05) is 49.7 Å². The van der Waals surface area contributed by atoms with Crippen LogP contribution < -0.4 is 11.2 Å². The minimum absolute atomic E-state index is 0.0894. The highest BCUT2D eigenvalue weighted by atomic mass is 35.5. The van der Waals surface area contributed by atoms with Crippen molar-refractivity contribution in [1.82, 2.24) is 9.55 Å². The first-order valence-electron chi connectivity index (χ1n) is 6.95. The fourth-order valence-corrected chi connectivity index (χ4v) is 2.54. The number of aryl methyl sites for hydroxylation is 1. The minimum Gasteiger partial charge on any atom is -0.297 e. The maximum atomic E-state index is 12.8. The summed E-state index contributed by atoms with van der Waals surface area (Å²) in [6.07, 6.45) is 0. The van der Waals surface area contributed by atoms with E-state index in [4.69, 9.17) is 11.6 Å². The van der Waals surface area contributed by atoms with Crippen LogP contribution in [0.4, 0.5) is 0 Å². The minimum atomic E-state index is -0.469. The van der Waals surface area contributed by atoms with E-state index in [9.17, 15) is 9.59 Å². The van der Waals surface area contributed by atoms with E-state index in [0.29, 0.717) is 5.56 Å². The second-order valence-corrected chi connectivity index (χ2v) is 5.97. The molecule has 0 fully saturated rings. The topological polar surface area (TPSA) is 54.9 Å². The number of nitrogens with one attached hydrogen (secondary N) is 1. The SMILES string of the molecule is Cc1ccccc1-c1c(Cl)[nH]c(=O)n(C(C)C(C)C)c1=O. The lowest BCUT2D eigenvalue weighted by Crippen LogP contribution is -2.39. The third kappa shape index (κ3) is 2.81. The Morgan fingerprint density at radius 2 is 1.76 bits per heavy atom. The van der Waals surface area contributed by atoms with Gasteiger partial charge in [-0.15, -0.1) is 0 Å². The molecular weight excluding hydrogens is 288 g/mol. The molecule has 5 heteroatoms. The Morgan fingerprint density at radius 3 is 2.33 bits per heavy atom. The molecule has 2 rings (SSSR count). The summed E-state index contributed by atoms with van der Waals surface area (Å²) >= 11 is 6.13. The second-order valence-electron chi connectivity index (χ2n) is 5.59. The Labute approximate surface area is 128 Å². The van der Waals surface area contributed by atoms with Crippen molar-refractivity contribution in [3.63, 3.8) is 0 Å². The average Bonchev–Trinajstić information content (AvgIpc) is 2.40. The summed E-state index contributed by atoms with van der Waals surface area (Å²) in [5.74, 6) is 0.162. The van der Waals surface area contributed by atoms with Gasteiger partial charge in [0, 0.05) is 6.04 Å². The molecule has 1 aromatic carbocycles. The van der Waals surface area contributed by atoms with Crippen molar-refractivity contribution in [2.75, 3.05) is 0 Å². The van der Waals surface area contributed by atoms with Crippen molar-refractivity contribution in [2.24, 2.45) is 5.92 Å². The first kappa shape index (κ1) is 15.6. The van der Waals surface area contributed by atoms with E-state index in [1.807, 2.05) is 52.0 Å². The van der Waals surface area contributed by atoms with Gasteiger partial charge >= 0.3 is 5.69 Å². The first-order chi connectivity index (χ1) is 9.84. The molecular formula is C16H19ClN2O2. The molecule has 112 valence electrons. The number of hydrogen-bond donors (Lipinski definition) is 1. The fourth-order valence-electron chi connectivity index (χ4n) is 2.28. The van der Waals surface area contributed by atoms with Gasteiger partial charge in [0.2, 0.25) is 0 Å². The molecule has 0 amide bonds. The Morgan fingerprint density at radius 1 is 1.14 bits per heavy atom. The summed E-state index contributed by atoms with van der Waals surface area (Å²) < 4.78 is 1.25. The van der Waals surface area contributed by atoms with E-state index >= 15 is 0 Å². The molecule has 0 aliphatic heterocycles. The molecule has 0 spiro atoms. The number of halogens is 1. The monoisotopic (exact) mass is 306 g/mol. The van der Waals surface area contributed by atoms with Crippen LogP contribution in [0.25, 0.3) is 11.1 Å². The van der Waals surface area contributed by atoms with E-state index in [1.165, 1.54) is 4.57 Å². The summed E-state index contributed by atoms with van der Waals surface area (Å²) in [5.41, 5.74) is 1.21. The zero-order valence-electron chi connectivity index (χ0n) is 12.6. The summed E-state index contributed by atoms with van der Waals surface area (Å²) in [5, 5.41) is 0.0894. The number of aromatic amines is 1. The Hall–Kier alpha value is -1.81. The van der Waals surface area contributed by atoms with Crippen LogP contribution in [0, 0.1) is 12.8 Å². The Kier molecular flexibility index (Phi) is 4.37. The fraction of sp³-hybridized carbons (Fsp3) is 0.375. The van der Waals surface area contributed by atoms with Crippen molar-refractivity contribution < 1.29 is 0 Å². The molecule has 21 heavy (non-hydrogen) atoms. The van der Waals surface area contributed by atoms with E-state index in [0.717, 1.165) is 11.1 Å². The lowest BCUT2D eigenvalue weighted by atomic mass is 10.0. The third-order valence-electron chi connectivity index (χ3n) is 3.87. The highest BCUT2D eigenvalue weighted by Crippen LogP contribution is 2.25. The van der Waals surface area contributed by atoms with Gasteiger partial charge in [-0.05, 0) is 30.9 Å². The standard InChI is InChI=1S/C16H19ClN2O2/c1-9(2)11(4)19-15(20)13(14(17)18-16(19)21)12-8-6-5-7-10(12)3/h5-9,11H,1-4H3,(H,18,21). The van der Waals surface area contributed by atoms with Crippen molar-refractivity contribution in [2.45, 2.75) is 33.7 Å². The molecule has 1 atom stereocenters. The van der Waals surface area contributed by atoms with Crippen LogP contribution in [0.2, 0.25) is 5.15 Å². The third-order valence-corrected chi connectivity index (χ3v) is 4.16. The lowest BCUT2D eigenvalue weighted by Gasteiger charge is -2.19. The van der Waals surface area contributed by atoms with Crippen molar-refractivity contribution in [3.05, 3.63) is 55.8 Å². The largest absolute Gasteiger partial charge is 0.329 e. The average molecular weight is 307 g/mol. The molecule has 4 nitrogen and oxygen atoms in total. The van der Waals surface area contributed by atoms with Crippen LogP contribution >= 0.6 is 11.6 Å². The first-order valence-corrected chi connectivity index (χ1v) is 7.32. The van der Waals surface area contributed by atoms with Crippen LogP contribution in [0.5, 0.6) is 0 Å². The quantitative estimate of drug-likeness (QED) is 0.884. The number of nitrogens with zero attached hydrogens (tertiary/aromatic N) is 1. The van der Waals surface area contributed by atoms with E-state index in [2.05, 4.69) is 4.98 Å². The Bertz CT molecular complexity index is 775. The normalized spacial score (nSPS) is 12.7. The van der Waals surface area contributed by atoms with Gasteiger partial charge in [-0.25, -0.2) is 4.79 Å². The molecule has 0 saturated carbocycles. The number of benzene rings is 1. The van der Waals surface area contributed by atoms with Gasteiger partial charge in [0.15, 0.2) is 0 Å². The van der Waals surface area contributed by atoms with Gasteiger partial charge in [0.05, 0.1) is 5.56 Å². The van der Waals surface area contributed by atoms with Crippen LogP contribution in [0.3, 0.4) is 0 Å². The van der Waals surface area contributed by atoms with Crippen molar-refractivity contribution in [1.29, 1.82) is 0 Å². The number of hydrogen-bond acceptors (Lipinski definition) is 2. The number of H-pyrrole nitrogens is 1. The van der Waals surface area contributed by atoms with E-state index < -0.39 is 5.69 Å². The van der Waals surface area contributed by atoms with Crippen LogP contribution in [0.1, 0.15) is 32.4 Å². The molecule has 1 unspecified atom stereocenters. The zero-order valence-corrected chi connectivity index (χ0v) is 13.4.